The van der Waals surface area contributed by atoms with Crippen molar-refractivity contribution in [2.45, 2.75) is 60.6 Å². The molecule has 0 spiro atoms. The van der Waals surface area contributed by atoms with E-state index in [4.69, 9.17) is 14.5 Å². The van der Waals surface area contributed by atoms with Crippen molar-refractivity contribution in [3.8, 4) is 0 Å². The Bertz CT molecular complexity index is 1680. The molecule has 4 aromatic rings. The molecule has 0 N–H and O–H groups in total. The molecule has 0 radical (unpaired) electrons. The predicted molar refractivity (Wildman–Crippen MR) is 149 cm³/mol. The zero-order chi connectivity index (χ0) is 28.3. The smallest absolute Gasteiger partial charge is 0.341 e. The van der Waals surface area contributed by atoms with Crippen molar-refractivity contribution in [1.82, 2.24) is 14.0 Å². The molecule has 1 amide bonds. The maximum absolute atomic E-state index is 13.6. The highest BCUT2D eigenvalue weighted by Crippen LogP contribution is 2.15. The van der Waals surface area contributed by atoms with Crippen molar-refractivity contribution in [2.75, 3.05) is 13.2 Å². The van der Waals surface area contributed by atoms with Crippen molar-refractivity contribution in [3.05, 3.63) is 86.3 Å². The lowest BCUT2D eigenvalue weighted by molar-refractivity contribution is 0.0523. The van der Waals surface area contributed by atoms with Gasteiger partial charge in [-0.3, -0.25) is 14.0 Å². The quantitative estimate of drug-likeness (QED) is 0.191. The number of pyridine rings is 2. The standard InChI is InChI=1S/C30H34N4O5/c1-7-38-30(37)24-17-23-26(31-25-21(6)10-8-11-34(25)29(23)36)33(12-9-13-39-18(2)3)27(24)32-28(35)22-15-19(4)14-20(5)16-22/h8,10-11,14-18H,7,9,12-13H2,1-6H3. The Hall–Kier alpha value is -4.11. The highest BCUT2D eigenvalue weighted by atomic mass is 16.5. The van der Waals surface area contributed by atoms with Crippen LogP contribution in [0.3, 0.4) is 0 Å². The molecule has 0 unspecified atom stereocenters. The molecule has 0 aliphatic rings. The van der Waals surface area contributed by atoms with Crippen LogP contribution < -0.4 is 11.0 Å². The number of esters is 1. The summed E-state index contributed by atoms with van der Waals surface area (Å²) in [5.41, 5.74) is 3.67. The average Bonchev–Trinajstić information content (AvgIpc) is 2.87. The summed E-state index contributed by atoms with van der Waals surface area (Å²) in [4.78, 5) is 49.5. The average molecular weight is 531 g/mol. The van der Waals surface area contributed by atoms with Crippen molar-refractivity contribution >= 4 is 28.6 Å². The van der Waals surface area contributed by atoms with Crippen molar-refractivity contribution in [1.29, 1.82) is 0 Å². The molecule has 4 rings (SSSR count). The van der Waals surface area contributed by atoms with E-state index in [0.29, 0.717) is 36.4 Å². The highest BCUT2D eigenvalue weighted by Gasteiger charge is 2.21. The molecule has 9 nitrogen and oxygen atoms in total. The van der Waals surface area contributed by atoms with Crippen molar-refractivity contribution in [3.63, 3.8) is 0 Å². The summed E-state index contributed by atoms with van der Waals surface area (Å²) in [6.07, 6.45) is 2.23. The Kier molecular flexibility index (Phi) is 8.40. The fraction of sp³-hybridized carbons (Fsp3) is 0.367. The first-order chi connectivity index (χ1) is 18.6. The van der Waals surface area contributed by atoms with Gasteiger partial charge in [-0.05, 0) is 77.8 Å². The van der Waals surface area contributed by atoms with E-state index in [0.717, 1.165) is 16.7 Å². The number of aromatic nitrogens is 3. The number of ether oxygens (including phenoxy) is 2. The summed E-state index contributed by atoms with van der Waals surface area (Å²) in [5.74, 6) is -1.18. The molecular formula is C30H34N4O5. The Labute approximate surface area is 226 Å². The number of fused-ring (bicyclic) bond motifs is 2. The van der Waals surface area contributed by atoms with E-state index in [1.165, 1.54) is 10.5 Å². The summed E-state index contributed by atoms with van der Waals surface area (Å²) in [5, 5.41) is 0.226. The molecule has 0 atom stereocenters. The molecule has 0 fully saturated rings. The van der Waals surface area contributed by atoms with Gasteiger partial charge in [-0.15, -0.1) is 0 Å². The lowest BCUT2D eigenvalue weighted by Crippen LogP contribution is -2.33. The Morgan fingerprint density at radius 2 is 1.77 bits per heavy atom. The van der Waals surface area contributed by atoms with E-state index in [2.05, 4.69) is 4.99 Å². The zero-order valence-electron chi connectivity index (χ0n) is 23.3. The number of carbonyl (C=O) groups is 2. The van der Waals surface area contributed by atoms with Gasteiger partial charge < -0.3 is 14.0 Å². The molecule has 9 heteroatoms. The van der Waals surface area contributed by atoms with Crippen LogP contribution in [0.15, 0.2) is 52.4 Å². The highest BCUT2D eigenvalue weighted by molar-refractivity contribution is 5.97. The fourth-order valence-corrected chi connectivity index (χ4v) is 4.58. The van der Waals surface area contributed by atoms with Crippen molar-refractivity contribution in [2.24, 2.45) is 4.99 Å². The van der Waals surface area contributed by atoms with Crippen LogP contribution in [0.5, 0.6) is 0 Å². The second kappa shape index (κ2) is 11.7. The summed E-state index contributed by atoms with van der Waals surface area (Å²) < 4.78 is 14.2. The first kappa shape index (κ1) is 27.9. The lowest BCUT2D eigenvalue weighted by Gasteiger charge is -2.16. The monoisotopic (exact) mass is 530 g/mol. The molecule has 0 bridgehead atoms. The van der Waals surface area contributed by atoms with Gasteiger partial charge in [0.25, 0.3) is 11.5 Å². The number of rotatable bonds is 8. The largest absolute Gasteiger partial charge is 0.462 e. The van der Waals surface area contributed by atoms with Crippen LogP contribution in [-0.4, -0.2) is 45.1 Å². The molecular weight excluding hydrogens is 496 g/mol. The first-order valence-corrected chi connectivity index (χ1v) is 13.1. The minimum absolute atomic E-state index is 0.0263. The number of aryl methyl sites for hydroxylation is 4. The normalized spacial score (nSPS) is 12.0. The topological polar surface area (TPSA) is 104 Å². The third kappa shape index (κ3) is 5.98. The van der Waals surface area contributed by atoms with Gasteiger partial charge in [0, 0.05) is 24.9 Å². The van der Waals surface area contributed by atoms with Gasteiger partial charge in [0.15, 0.2) is 5.49 Å². The molecule has 3 aromatic heterocycles. The maximum Gasteiger partial charge on any atom is 0.341 e. The van der Waals surface area contributed by atoms with Crippen LogP contribution in [0, 0.1) is 20.8 Å². The number of hydrogen-bond acceptors (Lipinski definition) is 6. The maximum atomic E-state index is 13.6. The summed E-state index contributed by atoms with van der Waals surface area (Å²) >= 11 is 0. The number of carbonyl (C=O) groups excluding carboxylic acids is 2. The second-order valence-corrected chi connectivity index (χ2v) is 9.86. The van der Waals surface area contributed by atoms with E-state index in [1.807, 2.05) is 46.8 Å². The second-order valence-electron chi connectivity index (χ2n) is 9.86. The van der Waals surface area contributed by atoms with Crippen LogP contribution in [-0.2, 0) is 16.0 Å². The molecule has 0 saturated heterocycles. The SMILES string of the molecule is CCOC(=O)c1cc2c(=O)n3cccc(C)c3nc2n(CCCOC(C)C)c1=NC(=O)c1cc(C)cc(C)c1. The van der Waals surface area contributed by atoms with Gasteiger partial charge in [0.2, 0.25) is 0 Å². The molecule has 0 aliphatic heterocycles. The number of hydrogen-bond donors (Lipinski definition) is 0. The van der Waals surface area contributed by atoms with Gasteiger partial charge in [-0.1, -0.05) is 23.3 Å². The van der Waals surface area contributed by atoms with E-state index in [1.54, 1.807) is 35.9 Å². The van der Waals surface area contributed by atoms with Gasteiger partial charge >= 0.3 is 5.97 Å². The van der Waals surface area contributed by atoms with Crippen LogP contribution >= 0.6 is 0 Å². The number of nitrogens with zero attached hydrogens (tertiary/aromatic N) is 4. The molecule has 0 aliphatic carbocycles. The summed E-state index contributed by atoms with van der Waals surface area (Å²) in [7, 11) is 0. The Balaban J connectivity index is 2.07. The molecule has 0 saturated carbocycles. The van der Waals surface area contributed by atoms with Crippen LogP contribution in [0.2, 0.25) is 0 Å². The van der Waals surface area contributed by atoms with Crippen LogP contribution in [0.25, 0.3) is 16.7 Å². The number of amides is 1. The minimum Gasteiger partial charge on any atom is -0.462 e. The predicted octanol–water partition coefficient (Wildman–Crippen LogP) is 4.31. The van der Waals surface area contributed by atoms with Gasteiger partial charge in [-0.25, -0.2) is 9.78 Å². The lowest BCUT2D eigenvalue weighted by atomic mass is 10.1. The van der Waals surface area contributed by atoms with E-state index < -0.39 is 11.9 Å². The van der Waals surface area contributed by atoms with Crippen LogP contribution in [0.1, 0.15) is 64.6 Å². The summed E-state index contributed by atoms with van der Waals surface area (Å²) in [6, 6.07) is 10.6. The Morgan fingerprint density at radius 3 is 2.44 bits per heavy atom. The van der Waals surface area contributed by atoms with E-state index in [9.17, 15) is 14.4 Å². The zero-order valence-corrected chi connectivity index (χ0v) is 23.3. The van der Waals surface area contributed by atoms with Crippen molar-refractivity contribution < 1.29 is 19.1 Å². The molecule has 3 heterocycles. The van der Waals surface area contributed by atoms with E-state index in [-0.39, 0.29) is 34.7 Å². The first-order valence-electron chi connectivity index (χ1n) is 13.1. The molecule has 39 heavy (non-hydrogen) atoms. The van der Waals surface area contributed by atoms with Crippen LogP contribution in [0.4, 0.5) is 0 Å². The molecule has 204 valence electrons. The van der Waals surface area contributed by atoms with E-state index >= 15 is 0 Å². The number of benzene rings is 1. The summed E-state index contributed by atoms with van der Waals surface area (Å²) in [6.45, 7) is 12.1. The Morgan fingerprint density at radius 1 is 1.05 bits per heavy atom. The molecule has 1 aromatic carbocycles. The minimum atomic E-state index is -0.674. The fourth-order valence-electron chi connectivity index (χ4n) is 4.58. The van der Waals surface area contributed by atoms with Gasteiger partial charge in [-0.2, -0.15) is 4.99 Å². The van der Waals surface area contributed by atoms with Gasteiger partial charge in [0.1, 0.15) is 16.9 Å². The third-order valence-corrected chi connectivity index (χ3v) is 6.25. The van der Waals surface area contributed by atoms with Gasteiger partial charge in [0.05, 0.1) is 18.1 Å². The third-order valence-electron chi connectivity index (χ3n) is 6.25.